The average molecular weight is 300 g/mol. The number of rotatable bonds is 3. The van der Waals surface area contributed by atoms with Crippen molar-refractivity contribution in [3.05, 3.63) is 53.6 Å². The molecule has 0 spiro atoms. The number of hydrogen-bond acceptors (Lipinski definition) is 3. The Balaban J connectivity index is 0.00000162. The molecular weight excluding hydrogens is 281 g/mol. The standard InChI is InChI=1S/C14H17N3.2ClH/c15-8-11-2-1-3-12(9-16)14(11)10-4-6-13(17)7-5-10;;/h1-7H,8-9,15-17H2;2*1H. The van der Waals surface area contributed by atoms with Crippen molar-refractivity contribution in [2.45, 2.75) is 13.1 Å². The Labute approximate surface area is 126 Å². The summed E-state index contributed by atoms with van der Waals surface area (Å²) in [5.74, 6) is 0. The third kappa shape index (κ3) is 3.85. The first-order valence-electron chi connectivity index (χ1n) is 5.63. The minimum absolute atomic E-state index is 0. The fraction of sp³-hybridized carbons (Fsp3) is 0.143. The van der Waals surface area contributed by atoms with Crippen LogP contribution in [0.5, 0.6) is 0 Å². The predicted molar refractivity (Wildman–Crippen MR) is 86.6 cm³/mol. The van der Waals surface area contributed by atoms with Crippen LogP contribution in [0.4, 0.5) is 5.69 Å². The number of nitrogens with two attached hydrogens (primary N) is 3. The fourth-order valence-electron chi connectivity index (χ4n) is 2.01. The molecule has 0 aliphatic rings. The van der Waals surface area contributed by atoms with Crippen molar-refractivity contribution < 1.29 is 0 Å². The summed E-state index contributed by atoms with van der Waals surface area (Å²) in [5, 5.41) is 0. The number of anilines is 1. The number of benzene rings is 2. The third-order valence-electron chi connectivity index (χ3n) is 2.88. The van der Waals surface area contributed by atoms with E-state index in [1.54, 1.807) is 0 Å². The van der Waals surface area contributed by atoms with E-state index in [9.17, 15) is 0 Å². The second-order valence-corrected chi connectivity index (χ2v) is 3.98. The molecule has 104 valence electrons. The Kier molecular flexibility index (Phi) is 7.49. The quantitative estimate of drug-likeness (QED) is 0.763. The molecule has 0 aromatic heterocycles. The van der Waals surface area contributed by atoms with Crippen LogP contribution in [0.25, 0.3) is 11.1 Å². The van der Waals surface area contributed by atoms with Gasteiger partial charge in [0, 0.05) is 18.8 Å². The summed E-state index contributed by atoms with van der Waals surface area (Å²) >= 11 is 0. The van der Waals surface area contributed by atoms with Crippen molar-refractivity contribution in [2.24, 2.45) is 11.5 Å². The maximum Gasteiger partial charge on any atom is 0.0314 e. The fourth-order valence-corrected chi connectivity index (χ4v) is 2.01. The zero-order chi connectivity index (χ0) is 12.3. The molecule has 0 saturated carbocycles. The van der Waals surface area contributed by atoms with Crippen LogP contribution in [-0.4, -0.2) is 0 Å². The zero-order valence-electron chi connectivity index (χ0n) is 10.5. The number of hydrogen-bond donors (Lipinski definition) is 3. The molecule has 0 heterocycles. The van der Waals surface area contributed by atoms with Gasteiger partial charge in [-0.2, -0.15) is 0 Å². The second-order valence-electron chi connectivity index (χ2n) is 3.98. The molecule has 19 heavy (non-hydrogen) atoms. The van der Waals surface area contributed by atoms with E-state index in [0.29, 0.717) is 13.1 Å². The van der Waals surface area contributed by atoms with Crippen LogP contribution >= 0.6 is 24.8 Å². The summed E-state index contributed by atoms with van der Waals surface area (Å²) in [4.78, 5) is 0. The van der Waals surface area contributed by atoms with Gasteiger partial charge < -0.3 is 17.2 Å². The lowest BCUT2D eigenvalue weighted by Crippen LogP contribution is -2.05. The molecule has 0 unspecified atom stereocenters. The number of nitrogen functional groups attached to an aromatic ring is 1. The smallest absolute Gasteiger partial charge is 0.0314 e. The van der Waals surface area contributed by atoms with Gasteiger partial charge in [-0.15, -0.1) is 24.8 Å². The third-order valence-corrected chi connectivity index (χ3v) is 2.88. The molecular formula is C14H19Cl2N3. The summed E-state index contributed by atoms with van der Waals surface area (Å²) in [5.41, 5.74) is 22.5. The van der Waals surface area contributed by atoms with Crippen molar-refractivity contribution in [3.8, 4) is 11.1 Å². The summed E-state index contributed by atoms with van der Waals surface area (Å²) in [7, 11) is 0. The highest BCUT2D eigenvalue weighted by atomic mass is 35.5. The monoisotopic (exact) mass is 299 g/mol. The van der Waals surface area contributed by atoms with E-state index >= 15 is 0 Å². The highest BCUT2D eigenvalue weighted by Crippen LogP contribution is 2.28. The van der Waals surface area contributed by atoms with E-state index < -0.39 is 0 Å². The van der Waals surface area contributed by atoms with Gasteiger partial charge in [-0.1, -0.05) is 30.3 Å². The Bertz CT molecular complexity index is 490. The normalized spacial score (nSPS) is 9.37. The first-order valence-corrected chi connectivity index (χ1v) is 5.63. The van der Waals surface area contributed by atoms with Gasteiger partial charge in [0.25, 0.3) is 0 Å². The summed E-state index contributed by atoms with van der Waals surface area (Å²) in [6.07, 6.45) is 0. The lowest BCUT2D eigenvalue weighted by Gasteiger charge is -2.13. The van der Waals surface area contributed by atoms with E-state index in [4.69, 9.17) is 17.2 Å². The molecule has 0 saturated heterocycles. The van der Waals surface area contributed by atoms with Gasteiger partial charge in [0.2, 0.25) is 0 Å². The SMILES string of the molecule is Cl.Cl.NCc1cccc(CN)c1-c1ccc(N)cc1. The van der Waals surface area contributed by atoms with Crippen LogP contribution in [0.1, 0.15) is 11.1 Å². The second kappa shape index (κ2) is 8.02. The molecule has 5 heteroatoms. The van der Waals surface area contributed by atoms with Crippen LogP contribution in [0.2, 0.25) is 0 Å². The molecule has 2 aromatic carbocycles. The maximum atomic E-state index is 5.78. The summed E-state index contributed by atoms with van der Waals surface area (Å²) in [6.45, 7) is 1.01. The Hall–Kier alpha value is -1.26. The van der Waals surface area contributed by atoms with Crippen LogP contribution in [0.3, 0.4) is 0 Å². The van der Waals surface area contributed by atoms with Gasteiger partial charge in [-0.05, 0) is 34.4 Å². The first-order chi connectivity index (χ1) is 8.26. The molecule has 0 bridgehead atoms. The van der Waals surface area contributed by atoms with Crippen molar-refractivity contribution in [2.75, 3.05) is 5.73 Å². The zero-order valence-corrected chi connectivity index (χ0v) is 12.1. The van der Waals surface area contributed by atoms with E-state index in [-0.39, 0.29) is 24.8 Å². The summed E-state index contributed by atoms with van der Waals surface area (Å²) in [6, 6.07) is 13.8. The molecule has 3 nitrogen and oxygen atoms in total. The van der Waals surface area contributed by atoms with Gasteiger partial charge >= 0.3 is 0 Å². The Morgan fingerprint density at radius 1 is 0.737 bits per heavy atom. The maximum absolute atomic E-state index is 5.78. The molecule has 0 amide bonds. The van der Waals surface area contributed by atoms with Crippen LogP contribution in [-0.2, 0) is 13.1 Å². The van der Waals surface area contributed by atoms with E-state index in [0.717, 1.165) is 27.9 Å². The van der Waals surface area contributed by atoms with E-state index in [2.05, 4.69) is 0 Å². The van der Waals surface area contributed by atoms with Gasteiger partial charge in [-0.25, -0.2) is 0 Å². The van der Waals surface area contributed by atoms with Crippen LogP contribution in [0.15, 0.2) is 42.5 Å². The van der Waals surface area contributed by atoms with E-state index in [1.807, 2.05) is 42.5 Å². The van der Waals surface area contributed by atoms with Gasteiger partial charge in [0.15, 0.2) is 0 Å². The van der Waals surface area contributed by atoms with Crippen LogP contribution < -0.4 is 17.2 Å². The largest absolute Gasteiger partial charge is 0.399 e. The van der Waals surface area contributed by atoms with Gasteiger partial charge in [0.1, 0.15) is 0 Å². The highest BCUT2D eigenvalue weighted by Gasteiger charge is 2.08. The highest BCUT2D eigenvalue weighted by molar-refractivity contribution is 5.85. The lowest BCUT2D eigenvalue weighted by atomic mass is 9.94. The van der Waals surface area contributed by atoms with E-state index in [1.165, 1.54) is 0 Å². The van der Waals surface area contributed by atoms with Gasteiger partial charge in [-0.3, -0.25) is 0 Å². The van der Waals surface area contributed by atoms with Crippen molar-refractivity contribution in [1.29, 1.82) is 0 Å². The minimum atomic E-state index is 0. The molecule has 2 rings (SSSR count). The average Bonchev–Trinajstić information content (AvgIpc) is 2.38. The van der Waals surface area contributed by atoms with Crippen molar-refractivity contribution in [1.82, 2.24) is 0 Å². The van der Waals surface area contributed by atoms with Crippen molar-refractivity contribution in [3.63, 3.8) is 0 Å². The molecule has 0 aliphatic heterocycles. The molecule has 0 aliphatic carbocycles. The molecule has 0 atom stereocenters. The Morgan fingerprint density at radius 2 is 1.21 bits per heavy atom. The van der Waals surface area contributed by atoms with Crippen LogP contribution in [0, 0.1) is 0 Å². The summed E-state index contributed by atoms with van der Waals surface area (Å²) < 4.78 is 0. The molecule has 6 N–H and O–H groups in total. The van der Waals surface area contributed by atoms with Crippen molar-refractivity contribution >= 4 is 30.5 Å². The first kappa shape index (κ1) is 17.7. The van der Waals surface area contributed by atoms with Gasteiger partial charge in [0.05, 0.1) is 0 Å². The number of halogens is 2. The molecule has 0 fully saturated rings. The topological polar surface area (TPSA) is 78.1 Å². The Morgan fingerprint density at radius 3 is 1.63 bits per heavy atom. The predicted octanol–water partition coefficient (Wildman–Crippen LogP) is 2.70. The molecule has 2 aromatic rings. The lowest BCUT2D eigenvalue weighted by molar-refractivity contribution is 1.03. The minimum Gasteiger partial charge on any atom is -0.399 e. The molecule has 0 radical (unpaired) electrons.